The van der Waals surface area contributed by atoms with E-state index in [9.17, 15) is 0 Å². The summed E-state index contributed by atoms with van der Waals surface area (Å²) in [5.41, 5.74) is 9.39. The van der Waals surface area contributed by atoms with Crippen LogP contribution >= 0.6 is 0 Å². The number of likely N-dealkylation sites (N-methyl/N-ethyl adjacent to an activating group) is 1. The summed E-state index contributed by atoms with van der Waals surface area (Å²) >= 11 is 0. The Hall–Kier alpha value is -1.00. The van der Waals surface area contributed by atoms with E-state index in [1.807, 2.05) is 6.92 Å². The molecule has 16 heavy (non-hydrogen) atoms. The molecule has 0 aliphatic carbocycles. The largest absolute Gasteiger partial charge is 0.330 e. The molecule has 0 unspecified atom stereocenters. The third-order valence-corrected chi connectivity index (χ3v) is 3.15. The molecular weight excluding hydrogens is 200 g/mol. The number of nitrogens with two attached hydrogens (primary N) is 1. The molecule has 88 valence electrons. The van der Waals surface area contributed by atoms with E-state index in [2.05, 4.69) is 21.9 Å². The Morgan fingerprint density at radius 3 is 2.75 bits per heavy atom. The Morgan fingerprint density at radius 2 is 2.00 bits per heavy atom. The van der Waals surface area contributed by atoms with Gasteiger partial charge in [-0.05, 0) is 32.5 Å². The summed E-state index contributed by atoms with van der Waals surface area (Å²) < 4.78 is 0. The molecule has 0 saturated carbocycles. The number of aromatic nitrogens is 2. The second kappa shape index (κ2) is 4.89. The number of fused-ring (bicyclic) bond motifs is 1. The molecule has 0 saturated heterocycles. The van der Waals surface area contributed by atoms with Gasteiger partial charge in [-0.25, -0.2) is 9.97 Å². The van der Waals surface area contributed by atoms with Crippen molar-refractivity contribution in [2.24, 2.45) is 5.73 Å². The van der Waals surface area contributed by atoms with Crippen molar-refractivity contribution in [2.45, 2.75) is 26.2 Å². The zero-order chi connectivity index (χ0) is 11.5. The van der Waals surface area contributed by atoms with Crippen LogP contribution in [0.2, 0.25) is 0 Å². The highest BCUT2D eigenvalue weighted by atomic mass is 15.1. The van der Waals surface area contributed by atoms with Crippen LogP contribution in [0.3, 0.4) is 0 Å². The van der Waals surface area contributed by atoms with Crippen LogP contribution in [0.25, 0.3) is 0 Å². The third-order valence-electron chi connectivity index (χ3n) is 3.15. The van der Waals surface area contributed by atoms with Gasteiger partial charge in [0.2, 0.25) is 0 Å². The monoisotopic (exact) mass is 220 g/mol. The zero-order valence-electron chi connectivity index (χ0n) is 10.2. The average Bonchev–Trinajstić information content (AvgIpc) is 2.42. The molecule has 2 heterocycles. The minimum atomic E-state index is 0.665. The Morgan fingerprint density at radius 1 is 1.25 bits per heavy atom. The summed E-state index contributed by atoms with van der Waals surface area (Å²) in [4.78, 5) is 11.5. The number of hydrogen-bond acceptors (Lipinski definition) is 4. The van der Waals surface area contributed by atoms with Crippen LogP contribution in [0, 0.1) is 6.92 Å². The molecule has 1 aromatic rings. The van der Waals surface area contributed by atoms with Crippen molar-refractivity contribution in [3.05, 3.63) is 22.8 Å². The van der Waals surface area contributed by atoms with Gasteiger partial charge in [0.05, 0.1) is 0 Å². The van der Waals surface area contributed by atoms with Gasteiger partial charge < -0.3 is 10.6 Å². The molecule has 2 rings (SSSR count). The lowest BCUT2D eigenvalue weighted by molar-refractivity contribution is 0.351. The second-order valence-corrected chi connectivity index (χ2v) is 4.48. The maximum Gasteiger partial charge on any atom is 0.125 e. The quantitative estimate of drug-likeness (QED) is 0.779. The first-order chi connectivity index (χ1) is 7.70. The summed E-state index contributed by atoms with van der Waals surface area (Å²) in [6, 6.07) is 0. The van der Waals surface area contributed by atoms with Gasteiger partial charge in [-0.3, -0.25) is 0 Å². The normalized spacial score (nSPS) is 16.9. The van der Waals surface area contributed by atoms with Crippen LogP contribution < -0.4 is 5.73 Å². The first-order valence-corrected chi connectivity index (χ1v) is 5.94. The van der Waals surface area contributed by atoms with Gasteiger partial charge >= 0.3 is 0 Å². The minimum Gasteiger partial charge on any atom is -0.330 e. The van der Waals surface area contributed by atoms with Gasteiger partial charge in [0.15, 0.2) is 0 Å². The molecule has 0 radical (unpaired) electrons. The fourth-order valence-electron chi connectivity index (χ4n) is 2.27. The van der Waals surface area contributed by atoms with Crippen molar-refractivity contribution in [1.82, 2.24) is 14.9 Å². The van der Waals surface area contributed by atoms with E-state index in [1.54, 1.807) is 0 Å². The van der Waals surface area contributed by atoms with Crippen LogP contribution in [0.4, 0.5) is 0 Å². The lowest BCUT2D eigenvalue weighted by Gasteiger charge is -2.11. The molecule has 2 N–H and O–H groups in total. The molecular formula is C12H20N4. The van der Waals surface area contributed by atoms with Crippen LogP contribution in [0.15, 0.2) is 0 Å². The molecule has 1 aliphatic heterocycles. The van der Waals surface area contributed by atoms with Crippen molar-refractivity contribution < 1.29 is 0 Å². The first-order valence-electron chi connectivity index (χ1n) is 5.94. The minimum absolute atomic E-state index is 0.665. The summed E-state index contributed by atoms with van der Waals surface area (Å²) in [5, 5.41) is 0. The summed E-state index contributed by atoms with van der Waals surface area (Å²) in [6.07, 6.45) is 2.96. The van der Waals surface area contributed by atoms with Crippen LogP contribution in [0.1, 0.15) is 22.8 Å². The van der Waals surface area contributed by atoms with Crippen molar-refractivity contribution in [2.75, 3.05) is 26.7 Å². The molecule has 0 atom stereocenters. The fourth-order valence-corrected chi connectivity index (χ4v) is 2.27. The Kier molecular flexibility index (Phi) is 3.51. The van der Waals surface area contributed by atoms with Crippen molar-refractivity contribution in [1.29, 1.82) is 0 Å². The summed E-state index contributed by atoms with van der Waals surface area (Å²) in [6.45, 7) is 4.82. The van der Waals surface area contributed by atoms with Crippen molar-refractivity contribution >= 4 is 0 Å². The molecule has 0 aromatic carbocycles. The van der Waals surface area contributed by atoms with Crippen LogP contribution in [-0.4, -0.2) is 41.5 Å². The highest BCUT2D eigenvalue weighted by molar-refractivity contribution is 5.28. The number of rotatable bonds is 2. The maximum absolute atomic E-state index is 5.64. The molecule has 0 fully saturated rings. The number of aryl methyl sites for hydroxylation is 1. The first kappa shape index (κ1) is 11.5. The highest BCUT2D eigenvalue weighted by Crippen LogP contribution is 2.17. The van der Waals surface area contributed by atoms with E-state index >= 15 is 0 Å². The van der Waals surface area contributed by atoms with Crippen LogP contribution in [-0.2, 0) is 19.3 Å². The van der Waals surface area contributed by atoms with Gasteiger partial charge in [-0.2, -0.15) is 0 Å². The Bertz CT molecular complexity index is 376. The Balaban J connectivity index is 2.37. The number of hydrogen-bond donors (Lipinski definition) is 1. The van der Waals surface area contributed by atoms with Crippen LogP contribution in [0.5, 0.6) is 0 Å². The molecule has 0 spiro atoms. The van der Waals surface area contributed by atoms with Crippen molar-refractivity contribution in [3.8, 4) is 0 Å². The predicted molar refractivity (Wildman–Crippen MR) is 64.4 cm³/mol. The van der Waals surface area contributed by atoms with E-state index in [4.69, 9.17) is 5.73 Å². The van der Waals surface area contributed by atoms with Gasteiger partial charge in [0.1, 0.15) is 5.82 Å². The lowest BCUT2D eigenvalue weighted by atomic mass is 10.0. The van der Waals surface area contributed by atoms with Crippen molar-refractivity contribution in [3.63, 3.8) is 0 Å². The van der Waals surface area contributed by atoms with E-state index in [1.165, 1.54) is 17.0 Å². The predicted octanol–water partition coefficient (Wildman–Crippen LogP) is 0.317. The number of nitrogens with zero attached hydrogens (tertiary/aromatic N) is 3. The van der Waals surface area contributed by atoms with Gasteiger partial charge in [0, 0.05) is 37.3 Å². The van der Waals surface area contributed by atoms with Gasteiger partial charge in [-0.1, -0.05) is 0 Å². The van der Waals surface area contributed by atoms with Gasteiger partial charge in [-0.15, -0.1) is 0 Å². The van der Waals surface area contributed by atoms with Gasteiger partial charge in [0.25, 0.3) is 0 Å². The zero-order valence-corrected chi connectivity index (χ0v) is 10.2. The molecule has 1 aromatic heterocycles. The third kappa shape index (κ3) is 2.39. The molecule has 0 bridgehead atoms. The van der Waals surface area contributed by atoms with E-state index in [0.717, 1.165) is 38.2 Å². The topological polar surface area (TPSA) is 55.0 Å². The highest BCUT2D eigenvalue weighted by Gasteiger charge is 2.16. The van der Waals surface area contributed by atoms with E-state index in [0.29, 0.717) is 6.54 Å². The Labute approximate surface area is 96.9 Å². The molecule has 4 nitrogen and oxygen atoms in total. The molecule has 4 heteroatoms. The fraction of sp³-hybridized carbons (Fsp3) is 0.667. The second-order valence-electron chi connectivity index (χ2n) is 4.48. The van der Waals surface area contributed by atoms with E-state index < -0.39 is 0 Å². The molecule has 0 amide bonds. The standard InChI is InChI=1S/C12H20N4/c1-9-14-11(3-6-13)10-4-7-16(2)8-5-12(10)15-9/h3-8,13H2,1-2H3. The van der Waals surface area contributed by atoms with E-state index in [-0.39, 0.29) is 0 Å². The lowest BCUT2D eigenvalue weighted by Crippen LogP contribution is -2.20. The maximum atomic E-state index is 5.64. The average molecular weight is 220 g/mol. The summed E-state index contributed by atoms with van der Waals surface area (Å²) in [5.74, 6) is 0.881. The molecule has 1 aliphatic rings. The summed E-state index contributed by atoms with van der Waals surface area (Å²) in [7, 11) is 2.16. The SMILES string of the molecule is Cc1nc(CCN)c2c(n1)CCN(C)CC2. The smallest absolute Gasteiger partial charge is 0.125 e.